The van der Waals surface area contributed by atoms with Gasteiger partial charge in [0.25, 0.3) is 0 Å². The maximum atomic E-state index is 7.00. The lowest BCUT2D eigenvalue weighted by Crippen LogP contribution is -2.16. The second kappa shape index (κ2) is 7.34. The summed E-state index contributed by atoms with van der Waals surface area (Å²) in [6.45, 7) is 27.4. The molecule has 4 aromatic rings. The third-order valence-corrected chi connectivity index (χ3v) is 8.33. The van der Waals surface area contributed by atoms with E-state index in [1.54, 1.807) is 0 Å². The van der Waals surface area contributed by atoms with Gasteiger partial charge in [0.05, 0.1) is 0 Å². The van der Waals surface area contributed by atoms with E-state index in [9.17, 15) is 0 Å². The van der Waals surface area contributed by atoms with Crippen molar-refractivity contribution in [1.29, 1.82) is 0 Å². The Morgan fingerprint density at radius 2 is 0.763 bits per heavy atom. The molecular formula is C36H42O2. The lowest BCUT2D eigenvalue weighted by atomic mass is 9.76. The van der Waals surface area contributed by atoms with Gasteiger partial charge in [-0.25, -0.2) is 0 Å². The van der Waals surface area contributed by atoms with Gasteiger partial charge in [-0.1, -0.05) is 95.2 Å². The van der Waals surface area contributed by atoms with Crippen LogP contribution in [0.3, 0.4) is 0 Å². The Labute approximate surface area is 227 Å². The third-order valence-electron chi connectivity index (χ3n) is 8.33. The smallest absolute Gasteiger partial charge is 0.139 e. The van der Waals surface area contributed by atoms with E-state index in [1.165, 1.54) is 54.9 Å². The first kappa shape index (κ1) is 25.3. The zero-order valence-electron chi connectivity index (χ0n) is 25.3. The molecule has 0 aromatic heterocycles. The maximum Gasteiger partial charge on any atom is 0.139 e. The normalized spacial score (nSPS) is 14.3. The van der Waals surface area contributed by atoms with Gasteiger partial charge in [0, 0.05) is 33.0 Å². The van der Waals surface area contributed by atoms with Gasteiger partial charge in [-0.2, -0.15) is 0 Å². The van der Waals surface area contributed by atoms with Gasteiger partial charge < -0.3 is 8.83 Å². The predicted molar refractivity (Wildman–Crippen MR) is 164 cm³/mol. The molecule has 38 heavy (non-hydrogen) atoms. The SMILES string of the molecule is CC(C)(C)c1cc2cc(C(C)(C)C)c3oc4cc(C(C)(C)C)cc5cc(C(C)(C)C)c6oc(c1)c2c3-c6c54. The summed E-state index contributed by atoms with van der Waals surface area (Å²) >= 11 is 0. The van der Waals surface area contributed by atoms with Crippen LogP contribution in [0.2, 0.25) is 0 Å². The van der Waals surface area contributed by atoms with E-state index in [1.807, 2.05) is 0 Å². The molecule has 0 saturated heterocycles. The Morgan fingerprint density at radius 3 is 1.05 bits per heavy atom. The average molecular weight is 507 g/mol. The Kier molecular flexibility index (Phi) is 4.89. The minimum absolute atomic E-state index is 0.00932. The summed E-state index contributed by atoms with van der Waals surface area (Å²) in [4.78, 5) is 0. The molecule has 0 spiro atoms. The molecule has 2 aliphatic heterocycles. The summed E-state index contributed by atoms with van der Waals surface area (Å²) in [5.41, 5.74) is 11.2. The molecule has 0 aliphatic carbocycles. The van der Waals surface area contributed by atoms with Crippen molar-refractivity contribution in [2.45, 2.75) is 105 Å². The van der Waals surface area contributed by atoms with E-state index in [2.05, 4.69) is 119 Å². The summed E-state index contributed by atoms with van der Waals surface area (Å²) < 4.78 is 14.0. The maximum absolute atomic E-state index is 7.00. The van der Waals surface area contributed by atoms with Gasteiger partial charge in [0.2, 0.25) is 0 Å². The first-order valence-corrected chi connectivity index (χ1v) is 14.0. The third kappa shape index (κ3) is 3.59. The highest BCUT2D eigenvalue weighted by Gasteiger charge is 2.34. The molecule has 198 valence electrons. The molecule has 4 aromatic carbocycles. The highest BCUT2D eigenvalue weighted by molar-refractivity contribution is 6.24. The molecule has 2 aliphatic rings. The Balaban J connectivity index is 1.97. The van der Waals surface area contributed by atoms with Crippen molar-refractivity contribution in [2.75, 3.05) is 0 Å². The van der Waals surface area contributed by atoms with Gasteiger partial charge in [-0.15, -0.1) is 0 Å². The zero-order valence-corrected chi connectivity index (χ0v) is 25.3. The van der Waals surface area contributed by atoms with Crippen LogP contribution in [-0.2, 0) is 21.7 Å². The van der Waals surface area contributed by atoms with Crippen molar-refractivity contribution < 1.29 is 8.83 Å². The van der Waals surface area contributed by atoms with E-state index in [0.29, 0.717) is 0 Å². The minimum atomic E-state index is -0.0870. The number of hydrogen-bond acceptors (Lipinski definition) is 2. The van der Waals surface area contributed by atoms with E-state index in [4.69, 9.17) is 8.83 Å². The van der Waals surface area contributed by atoms with Crippen LogP contribution in [0.25, 0.3) is 55.0 Å². The fourth-order valence-electron chi connectivity index (χ4n) is 6.03. The largest absolute Gasteiger partial charge is 0.456 e. The summed E-state index contributed by atoms with van der Waals surface area (Å²) in [6, 6.07) is 14.0. The van der Waals surface area contributed by atoms with E-state index in [0.717, 1.165) is 22.3 Å². The van der Waals surface area contributed by atoms with E-state index >= 15 is 0 Å². The topological polar surface area (TPSA) is 26.3 Å². The first-order valence-electron chi connectivity index (χ1n) is 14.0. The van der Waals surface area contributed by atoms with Crippen LogP contribution in [0.4, 0.5) is 0 Å². The molecule has 2 heteroatoms. The van der Waals surface area contributed by atoms with Crippen LogP contribution >= 0.6 is 0 Å². The predicted octanol–water partition coefficient (Wildman–Crippen LogP) is 11.2. The highest BCUT2D eigenvalue weighted by atomic mass is 16.3. The molecule has 0 fully saturated rings. The van der Waals surface area contributed by atoms with Crippen molar-refractivity contribution >= 4 is 43.9 Å². The molecule has 2 nitrogen and oxygen atoms in total. The van der Waals surface area contributed by atoms with Gasteiger partial charge in [0.1, 0.15) is 22.3 Å². The zero-order chi connectivity index (χ0) is 27.7. The first-order chi connectivity index (χ1) is 17.4. The van der Waals surface area contributed by atoms with Crippen molar-refractivity contribution in [3.05, 3.63) is 58.7 Å². The summed E-state index contributed by atoms with van der Waals surface area (Å²) in [5.74, 6) is 0. The molecule has 6 rings (SSSR count). The molecule has 0 amide bonds. The molecule has 2 heterocycles. The van der Waals surface area contributed by atoms with Crippen molar-refractivity contribution in [3.63, 3.8) is 0 Å². The average Bonchev–Trinajstić information content (AvgIpc) is 2.76. The van der Waals surface area contributed by atoms with E-state index < -0.39 is 0 Å². The van der Waals surface area contributed by atoms with Gasteiger partial charge in [-0.05, 0) is 67.8 Å². The minimum Gasteiger partial charge on any atom is -0.456 e. The van der Waals surface area contributed by atoms with Gasteiger partial charge in [0.15, 0.2) is 0 Å². The second-order valence-electron chi connectivity index (χ2n) is 15.6. The Hall–Kier alpha value is -3.00. The van der Waals surface area contributed by atoms with Crippen LogP contribution in [0.15, 0.2) is 45.2 Å². The quantitative estimate of drug-likeness (QED) is 0.151. The molecule has 0 N–H and O–H groups in total. The molecular weight excluding hydrogens is 464 g/mol. The molecule has 0 bridgehead atoms. The molecule has 0 unspecified atom stereocenters. The lowest BCUT2D eigenvalue weighted by Gasteiger charge is -2.30. The molecule has 0 atom stereocenters. The van der Waals surface area contributed by atoms with Crippen LogP contribution in [-0.4, -0.2) is 0 Å². The van der Waals surface area contributed by atoms with Crippen molar-refractivity contribution in [3.8, 4) is 11.1 Å². The number of benzene rings is 4. The van der Waals surface area contributed by atoms with Crippen LogP contribution in [0.1, 0.15) is 105 Å². The monoisotopic (exact) mass is 506 g/mol. The number of rotatable bonds is 0. The summed E-state index contributed by atoms with van der Waals surface area (Å²) in [6.07, 6.45) is 0. The van der Waals surface area contributed by atoms with Gasteiger partial charge >= 0.3 is 0 Å². The Bertz CT molecular complexity index is 1690. The van der Waals surface area contributed by atoms with Crippen LogP contribution in [0.5, 0.6) is 0 Å². The van der Waals surface area contributed by atoms with Gasteiger partial charge in [-0.3, -0.25) is 0 Å². The second-order valence-corrected chi connectivity index (χ2v) is 15.6. The van der Waals surface area contributed by atoms with Crippen LogP contribution in [0, 0.1) is 0 Å². The van der Waals surface area contributed by atoms with Crippen LogP contribution < -0.4 is 0 Å². The standard InChI is InChI=1S/C36H42O2/c1-33(2,3)21-13-19-15-23(35(7,8)9)32-29-27(19)25(17-21)37-31-24(36(10,11)12)16-20-14-22(34(4,5)6)18-26(38-32)28(20)30(29)31/h13-18H,1-12H3. The lowest BCUT2D eigenvalue weighted by molar-refractivity contribution is 0.560. The fourth-order valence-corrected chi connectivity index (χ4v) is 6.03. The molecule has 0 saturated carbocycles. The number of hydrogen-bond donors (Lipinski definition) is 0. The fraction of sp³-hybridized carbons (Fsp3) is 0.444. The molecule has 0 radical (unpaired) electrons. The highest BCUT2D eigenvalue weighted by Crippen LogP contribution is 2.53. The van der Waals surface area contributed by atoms with E-state index in [-0.39, 0.29) is 21.7 Å². The Morgan fingerprint density at radius 1 is 0.421 bits per heavy atom. The van der Waals surface area contributed by atoms with Crippen molar-refractivity contribution in [1.82, 2.24) is 0 Å². The summed E-state index contributed by atoms with van der Waals surface area (Å²) in [7, 11) is 0. The summed E-state index contributed by atoms with van der Waals surface area (Å²) in [5, 5.41) is 4.81. The van der Waals surface area contributed by atoms with Crippen molar-refractivity contribution in [2.24, 2.45) is 0 Å².